The Morgan fingerprint density at radius 1 is 0.300 bits per heavy atom. The summed E-state index contributed by atoms with van der Waals surface area (Å²) in [5, 5.41) is 0. The lowest BCUT2D eigenvalue weighted by Gasteiger charge is -2.25. The number of carbonyl (C=O) groups is 2. The molecule has 0 aliphatic carbocycles. The zero-order chi connectivity index (χ0) is 49.7. The molecule has 2 aliphatic heterocycles. The van der Waals surface area contributed by atoms with Gasteiger partial charge in [0.1, 0.15) is 11.5 Å². The van der Waals surface area contributed by atoms with Crippen LogP contribution in [-0.2, 0) is 0 Å². The number of rotatable bonds is 46. The van der Waals surface area contributed by atoms with Gasteiger partial charge in [-0.1, -0.05) is 259 Å². The largest absolute Gasteiger partial charge is 0.448 e. The maximum absolute atomic E-state index is 14.0. The van der Waals surface area contributed by atoms with Gasteiger partial charge in [-0.2, -0.15) is 0 Å². The average molecular weight is 968 g/mol. The second-order valence-electron chi connectivity index (χ2n) is 21.6. The van der Waals surface area contributed by atoms with Crippen molar-refractivity contribution in [3.8, 4) is 11.5 Å². The Hall–Kier alpha value is -3.28. The summed E-state index contributed by atoms with van der Waals surface area (Å²) in [6.07, 6.45) is 52.9. The topological polar surface area (TPSA) is 59.1 Å². The van der Waals surface area contributed by atoms with Crippen LogP contribution in [0.25, 0.3) is 0 Å². The zero-order valence-electron chi connectivity index (χ0n) is 46.1. The molecule has 4 rings (SSSR count). The highest BCUT2D eigenvalue weighted by Crippen LogP contribution is 2.41. The molecule has 0 atom stereocenters. The van der Waals surface area contributed by atoms with Gasteiger partial charge in [0.25, 0.3) is 0 Å². The number of Topliss-reactive ketones (excluding diaryl/α,β-unsaturated/α-hetero) is 2. The summed E-state index contributed by atoms with van der Waals surface area (Å²) in [6.45, 7) is 13.2. The predicted octanol–water partition coefficient (Wildman–Crippen LogP) is 20.0. The normalized spacial score (nSPS) is 14.1. The van der Waals surface area contributed by atoms with Gasteiger partial charge in [-0.25, -0.2) is 0 Å². The highest BCUT2D eigenvalue weighted by molar-refractivity contribution is 6.21. The average Bonchev–Trinajstić information content (AvgIpc) is 3.88. The molecule has 2 heterocycles. The number of carbonyl (C=O) groups excluding carboxylic acids is 2. The zero-order valence-corrected chi connectivity index (χ0v) is 46.1. The lowest BCUT2D eigenvalue weighted by molar-refractivity contribution is 0.0960. The van der Waals surface area contributed by atoms with E-state index in [2.05, 4.69) is 49.6 Å². The number of fused-ring (bicyclic) bond motifs is 2. The molecule has 70 heavy (non-hydrogen) atoms. The fraction of sp³-hybridized carbons (Fsp3) is 0.750. The Balaban J connectivity index is 1.36. The number of ether oxygens (including phenoxy) is 2. The molecule has 6 heteroatoms. The number of hydrogen-bond acceptors (Lipinski definition) is 6. The molecule has 0 radical (unpaired) electrons. The number of ketones is 2. The first-order valence-corrected chi connectivity index (χ1v) is 30.5. The molecule has 6 nitrogen and oxygen atoms in total. The van der Waals surface area contributed by atoms with Gasteiger partial charge in [-0.05, 0) is 49.9 Å². The third-order valence-corrected chi connectivity index (χ3v) is 15.3. The summed E-state index contributed by atoms with van der Waals surface area (Å²) >= 11 is 0. The molecule has 0 saturated heterocycles. The van der Waals surface area contributed by atoms with Crippen LogP contribution in [-0.4, -0.2) is 37.7 Å². The van der Waals surface area contributed by atoms with Crippen LogP contribution in [0.2, 0.25) is 0 Å². The van der Waals surface area contributed by atoms with Crippen LogP contribution in [0.3, 0.4) is 0 Å². The van der Waals surface area contributed by atoms with E-state index >= 15 is 0 Å². The van der Waals surface area contributed by atoms with Gasteiger partial charge in [0.05, 0.1) is 11.1 Å². The molecule has 0 unspecified atom stereocenters. The Labute approximate surface area is 431 Å². The van der Waals surface area contributed by atoms with E-state index in [-0.39, 0.29) is 23.1 Å². The summed E-state index contributed by atoms with van der Waals surface area (Å²) in [4.78, 5) is 33.0. The summed E-state index contributed by atoms with van der Waals surface area (Å²) in [7, 11) is 0. The minimum Gasteiger partial charge on any atom is -0.448 e. The molecule has 0 spiro atoms. The first kappa shape index (κ1) is 59.3. The Morgan fingerprint density at radius 3 is 0.743 bits per heavy atom. The summed E-state index contributed by atoms with van der Waals surface area (Å²) in [5.41, 5.74) is 3.22. The SMILES string of the molecule is CCCCCCCCCCCCN(CCCCCCCCCCCC)c1ccc2c(c1)O/C(=C1\Oc3cc(N(CCCCCCCCCCCC)CCCCCCCCCCCC)ccc3C1=O)C2=O. The van der Waals surface area contributed by atoms with E-state index < -0.39 is 0 Å². The van der Waals surface area contributed by atoms with Crippen LogP contribution in [0.15, 0.2) is 47.9 Å². The van der Waals surface area contributed by atoms with Gasteiger partial charge in [-0.3, -0.25) is 9.59 Å². The third kappa shape index (κ3) is 23.1. The van der Waals surface area contributed by atoms with E-state index in [9.17, 15) is 9.59 Å². The van der Waals surface area contributed by atoms with Gasteiger partial charge >= 0.3 is 0 Å². The standard InChI is InChI=1S/C64H106N2O4/c1-5-9-13-17-21-25-29-33-37-41-49-65(50-42-38-34-30-26-22-18-14-10-6-2)55-45-47-57-59(53-55)69-63(61(57)67)64-62(68)58-48-46-56(54-60(58)70-64)66(51-43-39-35-31-27-23-19-15-11-7-3)52-44-40-36-32-28-24-20-16-12-8-4/h45-48,53-54H,5-44,49-52H2,1-4H3/b64-63-. The van der Waals surface area contributed by atoms with Gasteiger partial charge in [0.15, 0.2) is 0 Å². The molecular formula is C64H106N2O4. The van der Waals surface area contributed by atoms with Crippen LogP contribution in [0.4, 0.5) is 11.4 Å². The van der Waals surface area contributed by atoms with E-state index in [1.165, 1.54) is 231 Å². The molecule has 0 aromatic heterocycles. The van der Waals surface area contributed by atoms with Crippen molar-refractivity contribution in [2.24, 2.45) is 0 Å². The molecule has 0 N–H and O–H groups in total. The van der Waals surface area contributed by atoms with Crippen molar-refractivity contribution in [3.63, 3.8) is 0 Å². The minimum atomic E-state index is -0.266. The second-order valence-corrected chi connectivity index (χ2v) is 21.6. The number of anilines is 2. The molecule has 0 saturated carbocycles. The molecule has 0 bridgehead atoms. The molecule has 2 aliphatic rings. The summed E-state index contributed by atoms with van der Waals surface area (Å²) in [6, 6.07) is 12.1. The van der Waals surface area contributed by atoms with Crippen LogP contribution in [0.5, 0.6) is 11.5 Å². The van der Waals surface area contributed by atoms with E-state index in [1.807, 2.05) is 24.3 Å². The molecule has 2 aromatic rings. The Kier molecular flexibility index (Phi) is 32.5. The van der Waals surface area contributed by atoms with Crippen molar-refractivity contribution < 1.29 is 19.1 Å². The van der Waals surface area contributed by atoms with E-state index in [1.54, 1.807) is 0 Å². The smallest absolute Gasteiger partial charge is 0.236 e. The highest BCUT2D eigenvalue weighted by Gasteiger charge is 2.39. The second kappa shape index (κ2) is 38.4. The van der Waals surface area contributed by atoms with Crippen molar-refractivity contribution in [1.82, 2.24) is 0 Å². The van der Waals surface area contributed by atoms with Crippen molar-refractivity contribution in [2.75, 3.05) is 36.0 Å². The van der Waals surface area contributed by atoms with E-state index in [4.69, 9.17) is 9.47 Å². The highest BCUT2D eigenvalue weighted by atomic mass is 16.5. The summed E-state index contributed by atoms with van der Waals surface area (Å²) < 4.78 is 12.7. The van der Waals surface area contributed by atoms with Gasteiger partial charge < -0.3 is 19.3 Å². The third-order valence-electron chi connectivity index (χ3n) is 15.3. The maximum Gasteiger partial charge on any atom is 0.236 e. The number of unbranched alkanes of at least 4 members (excludes halogenated alkanes) is 36. The Bertz CT molecular complexity index is 1540. The minimum absolute atomic E-state index is 0.0263. The molecule has 396 valence electrons. The lowest BCUT2D eigenvalue weighted by atomic mass is 10.0. The fourth-order valence-corrected chi connectivity index (χ4v) is 10.7. The van der Waals surface area contributed by atoms with Gasteiger partial charge in [-0.15, -0.1) is 0 Å². The first-order chi connectivity index (χ1) is 34.5. The van der Waals surface area contributed by atoms with Gasteiger partial charge in [0, 0.05) is 49.7 Å². The van der Waals surface area contributed by atoms with E-state index in [0.717, 1.165) is 63.2 Å². The number of hydrogen-bond donors (Lipinski definition) is 0. The molecular weight excluding hydrogens is 861 g/mol. The molecule has 2 aromatic carbocycles. The number of benzene rings is 2. The molecule has 0 amide bonds. The van der Waals surface area contributed by atoms with E-state index in [0.29, 0.717) is 22.6 Å². The molecule has 0 fully saturated rings. The lowest BCUT2D eigenvalue weighted by Crippen LogP contribution is -2.25. The fourth-order valence-electron chi connectivity index (χ4n) is 10.7. The van der Waals surface area contributed by atoms with Crippen LogP contribution in [0.1, 0.15) is 305 Å². The van der Waals surface area contributed by atoms with Crippen molar-refractivity contribution in [3.05, 3.63) is 59.0 Å². The summed E-state index contributed by atoms with van der Waals surface area (Å²) in [5.74, 6) is 0.591. The monoisotopic (exact) mass is 967 g/mol. The van der Waals surface area contributed by atoms with Crippen molar-refractivity contribution >= 4 is 22.9 Å². The van der Waals surface area contributed by atoms with Crippen LogP contribution < -0.4 is 19.3 Å². The quantitative estimate of drug-likeness (QED) is 0.0487. The van der Waals surface area contributed by atoms with Crippen molar-refractivity contribution in [1.29, 1.82) is 0 Å². The first-order valence-electron chi connectivity index (χ1n) is 30.5. The van der Waals surface area contributed by atoms with Crippen LogP contribution in [0, 0.1) is 0 Å². The van der Waals surface area contributed by atoms with Crippen molar-refractivity contribution in [2.45, 2.75) is 285 Å². The number of nitrogens with zero attached hydrogens (tertiary/aromatic N) is 2. The Morgan fingerprint density at radius 2 is 0.514 bits per heavy atom. The predicted molar refractivity (Wildman–Crippen MR) is 302 cm³/mol. The van der Waals surface area contributed by atoms with Gasteiger partial charge in [0.2, 0.25) is 23.1 Å². The van der Waals surface area contributed by atoms with Crippen LogP contribution >= 0.6 is 0 Å². The number of allylic oxidation sites excluding steroid dienone is 2. The maximum atomic E-state index is 14.0.